The Morgan fingerprint density at radius 2 is 1.59 bits per heavy atom. The number of para-hydroxylation sites is 3. The fraction of sp³-hybridized carbons (Fsp3) is 0.273. The predicted octanol–water partition coefficient (Wildman–Crippen LogP) is 4.30. The van der Waals surface area contributed by atoms with Gasteiger partial charge in [-0.25, -0.2) is 9.97 Å². The number of nitrogens with one attached hydrogen (secondary N) is 1. The van der Waals surface area contributed by atoms with E-state index in [1.165, 1.54) is 23.7 Å². The average molecular weight is 357 g/mol. The Balaban J connectivity index is 1.40. The Kier molecular flexibility index (Phi) is 4.13. The van der Waals surface area contributed by atoms with Crippen LogP contribution in [0.2, 0.25) is 0 Å². The number of rotatable bonds is 5. The lowest BCUT2D eigenvalue weighted by atomic mass is 10.2. The van der Waals surface area contributed by atoms with Crippen molar-refractivity contribution in [2.75, 3.05) is 29.9 Å². The van der Waals surface area contributed by atoms with Gasteiger partial charge in [-0.2, -0.15) is 0 Å². The van der Waals surface area contributed by atoms with Crippen LogP contribution in [0.4, 0.5) is 11.6 Å². The summed E-state index contributed by atoms with van der Waals surface area (Å²) < 4.78 is 2.28. The first kappa shape index (κ1) is 16.1. The second kappa shape index (κ2) is 6.91. The molecular formula is C22H23N5. The van der Waals surface area contributed by atoms with Gasteiger partial charge >= 0.3 is 0 Å². The van der Waals surface area contributed by atoms with Gasteiger partial charge in [0.15, 0.2) is 11.6 Å². The molecule has 5 nitrogen and oxygen atoms in total. The van der Waals surface area contributed by atoms with Crippen molar-refractivity contribution < 1.29 is 0 Å². The van der Waals surface area contributed by atoms with E-state index in [-0.39, 0.29) is 0 Å². The third-order valence-corrected chi connectivity index (χ3v) is 5.28. The average Bonchev–Trinajstić information content (AvgIpc) is 3.38. The molecule has 1 N–H and O–H groups in total. The van der Waals surface area contributed by atoms with E-state index < -0.39 is 0 Å². The zero-order valence-corrected chi connectivity index (χ0v) is 15.3. The number of fused-ring (bicyclic) bond motifs is 2. The quantitative estimate of drug-likeness (QED) is 0.578. The SMILES string of the molecule is c1ccc2c(c1)ccn2CCNc1nc2ccccc2nc1N1CCCC1. The lowest BCUT2D eigenvalue weighted by molar-refractivity contribution is 0.754. The van der Waals surface area contributed by atoms with Crippen molar-refractivity contribution in [2.45, 2.75) is 19.4 Å². The highest BCUT2D eigenvalue weighted by Crippen LogP contribution is 2.27. The molecule has 0 amide bonds. The maximum atomic E-state index is 4.92. The molecule has 0 bridgehead atoms. The Hall–Kier alpha value is -3.08. The fourth-order valence-corrected chi connectivity index (χ4v) is 3.89. The Morgan fingerprint density at radius 3 is 2.44 bits per heavy atom. The summed E-state index contributed by atoms with van der Waals surface area (Å²) in [5.74, 6) is 1.88. The number of hydrogen-bond donors (Lipinski definition) is 1. The smallest absolute Gasteiger partial charge is 0.172 e. The molecule has 1 aliphatic heterocycles. The summed E-state index contributed by atoms with van der Waals surface area (Å²) in [6.45, 7) is 3.82. The monoisotopic (exact) mass is 357 g/mol. The molecule has 0 spiro atoms. The third kappa shape index (κ3) is 3.10. The molecular weight excluding hydrogens is 334 g/mol. The van der Waals surface area contributed by atoms with Crippen molar-refractivity contribution in [3.8, 4) is 0 Å². The van der Waals surface area contributed by atoms with Gasteiger partial charge in [0.2, 0.25) is 0 Å². The van der Waals surface area contributed by atoms with E-state index in [1.807, 2.05) is 24.3 Å². The summed E-state index contributed by atoms with van der Waals surface area (Å²) in [4.78, 5) is 12.1. The van der Waals surface area contributed by atoms with Gasteiger partial charge in [0, 0.05) is 37.9 Å². The molecule has 136 valence electrons. The summed E-state index contributed by atoms with van der Waals surface area (Å²) in [6, 6.07) is 18.8. The van der Waals surface area contributed by atoms with Crippen molar-refractivity contribution >= 4 is 33.6 Å². The van der Waals surface area contributed by atoms with E-state index in [0.717, 1.165) is 48.8 Å². The van der Waals surface area contributed by atoms with Crippen molar-refractivity contribution in [1.29, 1.82) is 0 Å². The van der Waals surface area contributed by atoms with Crippen LogP contribution in [-0.2, 0) is 6.54 Å². The first-order valence-corrected chi connectivity index (χ1v) is 9.68. The molecule has 3 heterocycles. The lowest BCUT2D eigenvalue weighted by Gasteiger charge is -2.20. The molecule has 1 fully saturated rings. The topological polar surface area (TPSA) is 46.0 Å². The Morgan fingerprint density at radius 1 is 0.852 bits per heavy atom. The predicted molar refractivity (Wildman–Crippen MR) is 111 cm³/mol. The van der Waals surface area contributed by atoms with Crippen LogP contribution in [0.3, 0.4) is 0 Å². The Labute approximate surface area is 158 Å². The summed E-state index contributed by atoms with van der Waals surface area (Å²) in [5.41, 5.74) is 3.17. The molecule has 0 atom stereocenters. The van der Waals surface area contributed by atoms with E-state index in [1.54, 1.807) is 0 Å². The van der Waals surface area contributed by atoms with Gasteiger partial charge in [-0.1, -0.05) is 30.3 Å². The molecule has 5 heteroatoms. The zero-order valence-electron chi connectivity index (χ0n) is 15.3. The van der Waals surface area contributed by atoms with Crippen LogP contribution < -0.4 is 10.2 Å². The number of anilines is 2. The normalized spacial score (nSPS) is 14.3. The molecule has 5 rings (SSSR count). The molecule has 2 aromatic heterocycles. The zero-order chi connectivity index (χ0) is 18.1. The summed E-state index contributed by atoms with van der Waals surface area (Å²) in [6.07, 6.45) is 4.60. The van der Waals surface area contributed by atoms with Crippen molar-refractivity contribution in [3.05, 3.63) is 60.8 Å². The van der Waals surface area contributed by atoms with E-state index in [4.69, 9.17) is 9.97 Å². The van der Waals surface area contributed by atoms with Crippen LogP contribution in [-0.4, -0.2) is 34.2 Å². The minimum absolute atomic E-state index is 0.812. The molecule has 1 saturated heterocycles. The largest absolute Gasteiger partial charge is 0.365 e. The first-order chi connectivity index (χ1) is 13.4. The highest BCUT2D eigenvalue weighted by molar-refractivity contribution is 5.81. The van der Waals surface area contributed by atoms with Crippen LogP contribution in [0.15, 0.2) is 60.8 Å². The molecule has 4 aromatic rings. The van der Waals surface area contributed by atoms with E-state index in [2.05, 4.69) is 51.3 Å². The summed E-state index contributed by atoms with van der Waals surface area (Å²) in [7, 11) is 0. The van der Waals surface area contributed by atoms with Crippen molar-refractivity contribution in [3.63, 3.8) is 0 Å². The highest BCUT2D eigenvalue weighted by Gasteiger charge is 2.19. The van der Waals surface area contributed by atoms with Crippen LogP contribution >= 0.6 is 0 Å². The van der Waals surface area contributed by atoms with Crippen molar-refractivity contribution in [1.82, 2.24) is 14.5 Å². The van der Waals surface area contributed by atoms with Gasteiger partial charge < -0.3 is 14.8 Å². The highest BCUT2D eigenvalue weighted by atomic mass is 15.2. The maximum absolute atomic E-state index is 4.92. The minimum Gasteiger partial charge on any atom is -0.365 e. The van der Waals surface area contributed by atoms with Gasteiger partial charge in [-0.05, 0) is 42.5 Å². The van der Waals surface area contributed by atoms with Crippen LogP contribution in [0.5, 0.6) is 0 Å². The van der Waals surface area contributed by atoms with Gasteiger partial charge in [-0.15, -0.1) is 0 Å². The van der Waals surface area contributed by atoms with Gasteiger partial charge in [-0.3, -0.25) is 0 Å². The molecule has 2 aromatic carbocycles. The third-order valence-electron chi connectivity index (χ3n) is 5.28. The standard InChI is InChI=1S/C22H23N5/c1-4-10-20-17(7-1)11-15-26(20)16-12-23-21-22(27-13-5-6-14-27)25-19-9-3-2-8-18(19)24-21/h1-4,7-11,15H,5-6,12-14,16H2,(H,23,24). The lowest BCUT2D eigenvalue weighted by Crippen LogP contribution is -2.22. The van der Waals surface area contributed by atoms with E-state index in [0.29, 0.717) is 0 Å². The van der Waals surface area contributed by atoms with Crippen LogP contribution in [0, 0.1) is 0 Å². The number of aromatic nitrogens is 3. The van der Waals surface area contributed by atoms with Crippen molar-refractivity contribution in [2.24, 2.45) is 0 Å². The van der Waals surface area contributed by atoms with Gasteiger partial charge in [0.25, 0.3) is 0 Å². The Bertz CT molecular complexity index is 1080. The molecule has 27 heavy (non-hydrogen) atoms. The van der Waals surface area contributed by atoms with Crippen LogP contribution in [0.1, 0.15) is 12.8 Å². The number of hydrogen-bond acceptors (Lipinski definition) is 4. The number of benzene rings is 2. The minimum atomic E-state index is 0.812. The fourth-order valence-electron chi connectivity index (χ4n) is 3.89. The molecule has 0 radical (unpaired) electrons. The molecule has 0 unspecified atom stereocenters. The first-order valence-electron chi connectivity index (χ1n) is 9.68. The summed E-state index contributed by atoms with van der Waals surface area (Å²) >= 11 is 0. The molecule has 0 aliphatic carbocycles. The molecule has 0 saturated carbocycles. The molecule has 1 aliphatic rings. The maximum Gasteiger partial charge on any atom is 0.172 e. The van der Waals surface area contributed by atoms with Gasteiger partial charge in [0.1, 0.15) is 0 Å². The second-order valence-electron chi connectivity index (χ2n) is 7.07. The van der Waals surface area contributed by atoms with Gasteiger partial charge in [0.05, 0.1) is 11.0 Å². The van der Waals surface area contributed by atoms with E-state index >= 15 is 0 Å². The van der Waals surface area contributed by atoms with E-state index in [9.17, 15) is 0 Å². The second-order valence-corrected chi connectivity index (χ2v) is 7.07. The number of nitrogens with zero attached hydrogens (tertiary/aromatic N) is 4. The summed E-state index contributed by atoms with van der Waals surface area (Å²) in [5, 5.41) is 4.83. The van der Waals surface area contributed by atoms with Crippen LogP contribution in [0.25, 0.3) is 21.9 Å².